The SMILES string of the molecule is COC(=O)CC1(CS)CC1.COC(=O)CC1(CSSCC2(CC(=O)OC)CC2)CC1. The summed E-state index contributed by atoms with van der Waals surface area (Å²) in [6, 6.07) is 0. The van der Waals surface area contributed by atoms with Crippen LogP contribution < -0.4 is 0 Å². The fourth-order valence-corrected chi connectivity index (χ4v) is 7.01. The van der Waals surface area contributed by atoms with Gasteiger partial charge in [-0.3, -0.25) is 14.4 Å². The molecule has 0 bridgehead atoms. The van der Waals surface area contributed by atoms with E-state index in [1.54, 1.807) is 0 Å². The Kier molecular flexibility index (Phi) is 9.74. The van der Waals surface area contributed by atoms with Crippen LogP contribution in [0.2, 0.25) is 0 Å². The van der Waals surface area contributed by atoms with E-state index >= 15 is 0 Å². The number of thiol groups is 1. The van der Waals surface area contributed by atoms with Crippen LogP contribution in [0.15, 0.2) is 0 Å². The van der Waals surface area contributed by atoms with Crippen LogP contribution in [-0.4, -0.2) is 56.5 Å². The summed E-state index contributed by atoms with van der Waals surface area (Å²) in [6.45, 7) is 0. The van der Waals surface area contributed by atoms with Crippen LogP contribution in [0, 0.1) is 16.2 Å². The lowest BCUT2D eigenvalue weighted by atomic mass is 10.1. The van der Waals surface area contributed by atoms with E-state index in [1.807, 2.05) is 21.6 Å². The first-order valence-electron chi connectivity index (χ1n) is 10.3. The van der Waals surface area contributed by atoms with E-state index in [1.165, 1.54) is 21.3 Å². The zero-order chi connectivity index (χ0) is 22.3. The number of hydrogen-bond donors (Lipinski definition) is 1. The van der Waals surface area contributed by atoms with E-state index in [9.17, 15) is 14.4 Å². The van der Waals surface area contributed by atoms with Crippen LogP contribution in [0.5, 0.6) is 0 Å². The number of esters is 3. The largest absolute Gasteiger partial charge is 0.469 e. The van der Waals surface area contributed by atoms with Crippen molar-refractivity contribution in [1.29, 1.82) is 0 Å². The normalized spacial score (nSPS) is 20.8. The highest BCUT2D eigenvalue weighted by Crippen LogP contribution is 2.56. The molecule has 3 rings (SSSR count). The van der Waals surface area contributed by atoms with Crippen molar-refractivity contribution in [2.45, 2.75) is 57.8 Å². The molecule has 0 N–H and O–H groups in total. The molecule has 0 aliphatic heterocycles. The second kappa shape index (κ2) is 11.4. The van der Waals surface area contributed by atoms with Crippen LogP contribution >= 0.6 is 34.2 Å². The minimum Gasteiger partial charge on any atom is -0.469 e. The monoisotopic (exact) mass is 478 g/mol. The third-order valence-corrected chi connectivity index (χ3v) is 9.77. The Morgan fingerprint density at radius 1 is 0.667 bits per heavy atom. The molecule has 0 aromatic carbocycles. The Hall–Kier alpha value is -0.540. The van der Waals surface area contributed by atoms with Gasteiger partial charge in [0.1, 0.15) is 0 Å². The molecule has 0 radical (unpaired) electrons. The Morgan fingerprint density at radius 3 is 1.20 bits per heavy atom. The van der Waals surface area contributed by atoms with Crippen molar-refractivity contribution >= 4 is 52.1 Å². The first kappa shape index (κ1) is 25.7. The van der Waals surface area contributed by atoms with E-state index in [2.05, 4.69) is 17.4 Å². The van der Waals surface area contributed by atoms with Crippen LogP contribution in [0.1, 0.15) is 57.8 Å². The van der Waals surface area contributed by atoms with Gasteiger partial charge in [-0.25, -0.2) is 0 Å². The van der Waals surface area contributed by atoms with Crippen molar-refractivity contribution in [2.24, 2.45) is 16.2 Å². The first-order valence-corrected chi connectivity index (χ1v) is 13.4. The highest BCUT2D eigenvalue weighted by atomic mass is 33.1. The molecular formula is C21H34O6S3. The van der Waals surface area contributed by atoms with Gasteiger partial charge in [-0.05, 0) is 60.5 Å². The van der Waals surface area contributed by atoms with Gasteiger partial charge in [0.2, 0.25) is 0 Å². The number of carbonyl (C=O) groups excluding carboxylic acids is 3. The summed E-state index contributed by atoms with van der Waals surface area (Å²) in [4.78, 5) is 33.4. The molecule has 172 valence electrons. The summed E-state index contributed by atoms with van der Waals surface area (Å²) in [7, 11) is 7.99. The van der Waals surface area contributed by atoms with Crippen molar-refractivity contribution in [3.63, 3.8) is 0 Å². The lowest BCUT2D eigenvalue weighted by molar-refractivity contribution is -0.142. The highest BCUT2D eigenvalue weighted by Gasteiger charge is 2.47. The molecule has 0 aromatic rings. The van der Waals surface area contributed by atoms with Crippen molar-refractivity contribution in [3.8, 4) is 0 Å². The van der Waals surface area contributed by atoms with E-state index in [0.717, 1.165) is 55.8 Å². The topological polar surface area (TPSA) is 78.9 Å². The Labute approximate surface area is 193 Å². The van der Waals surface area contributed by atoms with Crippen molar-refractivity contribution in [2.75, 3.05) is 38.6 Å². The molecule has 6 nitrogen and oxygen atoms in total. The van der Waals surface area contributed by atoms with Gasteiger partial charge in [-0.2, -0.15) is 12.6 Å². The Bertz CT molecular complexity index is 576. The summed E-state index contributed by atoms with van der Waals surface area (Å²) >= 11 is 4.17. The van der Waals surface area contributed by atoms with Gasteiger partial charge < -0.3 is 14.2 Å². The minimum atomic E-state index is -0.105. The molecule has 3 saturated carbocycles. The minimum absolute atomic E-state index is 0.0996. The van der Waals surface area contributed by atoms with E-state index in [0.29, 0.717) is 19.3 Å². The molecule has 9 heteroatoms. The molecule has 0 saturated heterocycles. The number of methoxy groups -OCH3 is 3. The van der Waals surface area contributed by atoms with Crippen LogP contribution in [0.4, 0.5) is 0 Å². The summed E-state index contributed by atoms with van der Waals surface area (Å²) in [5.41, 5.74) is 0.573. The van der Waals surface area contributed by atoms with Crippen LogP contribution in [0.25, 0.3) is 0 Å². The third kappa shape index (κ3) is 8.54. The number of rotatable bonds is 12. The van der Waals surface area contributed by atoms with Gasteiger partial charge in [-0.1, -0.05) is 21.6 Å². The van der Waals surface area contributed by atoms with Crippen molar-refractivity contribution < 1.29 is 28.6 Å². The maximum absolute atomic E-state index is 11.3. The average molecular weight is 479 g/mol. The van der Waals surface area contributed by atoms with Gasteiger partial charge in [0, 0.05) is 11.5 Å². The molecule has 3 fully saturated rings. The molecular weight excluding hydrogens is 444 g/mol. The molecule has 30 heavy (non-hydrogen) atoms. The molecule has 3 aliphatic carbocycles. The average Bonchev–Trinajstić information content (AvgIpc) is 3.63. The number of ether oxygens (including phenoxy) is 3. The first-order chi connectivity index (χ1) is 14.3. The predicted octanol–water partition coefficient (Wildman–Crippen LogP) is 4.31. The fourth-order valence-electron chi connectivity index (χ4n) is 3.13. The summed E-state index contributed by atoms with van der Waals surface area (Å²) in [5, 5.41) is 0. The van der Waals surface area contributed by atoms with Crippen molar-refractivity contribution in [1.82, 2.24) is 0 Å². The third-order valence-electron chi connectivity index (χ3n) is 6.26. The molecule has 0 aromatic heterocycles. The maximum Gasteiger partial charge on any atom is 0.306 e. The van der Waals surface area contributed by atoms with Gasteiger partial charge in [0.05, 0.1) is 40.6 Å². The van der Waals surface area contributed by atoms with Gasteiger partial charge in [0.15, 0.2) is 0 Å². The Balaban J connectivity index is 0.000000269. The second-order valence-electron chi connectivity index (χ2n) is 8.94. The predicted molar refractivity (Wildman–Crippen MR) is 124 cm³/mol. The van der Waals surface area contributed by atoms with E-state index in [4.69, 9.17) is 9.47 Å². The van der Waals surface area contributed by atoms with Gasteiger partial charge >= 0.3 is 17.9 Å². The van der Waals surface area contributed by atoms with Crippen molar-refractivity contribution in [3.05, 3.63) is 0 Å². The van der Waals surface area contributed by atoms with E-state index < -0.39 is 0 Å². The summed E-state index contributed by atoms with van der Waals surface area (Å²) in [5.74, 6) is 2.51. The van der Waals surface area contributed by atoms with Crippen LogP contribution in [0.3, 0.4) is 0 Å². The summed E-state index contributed by atoms with van der Waals surface area (Å²) in [6.07, 6.45) is 8.41. The Morgan fingerprint density at radius 2 is 0.967 bits per heavy atom. The highest BCUT2D eigenvalue weighted by molar-refractivity contribution is 8.76. The summed E-state index contributed by atoms with van der Waals surface area (Å²) < 4.78 is 14.0. The molecule has 0 amide bonds. The van der Waals surface area contributed by atoms with Gasteiger partial charge in [-0.15, -0.1) is 0 Å². The smallest absolute Gasteiger partial charge is 0.306 e. The zero-order valence-corrected chi connectivity index (χ0v) is 20.7. The standard InChI is InChI=1S/C14H22O4S2.C7H12O2S/c1-17-11(15)7-13(3-4-13)9-19-20-10-14(5-6-14)8-12(16)18-2;1-9-6(8)4-7(5-10)2-3-7/h3-10H2,1-2H3;10H,2-5H2,1H3. The zero-order valence-electron chi connectivity index (χ0n) is 18.2. The number of carbonyl (C=O) groups is 3. The van der Waals surface area contributed by atoms with Crippen LogP contribution in [-0.2, 0) is 28.6 Å². The van der Waals surface area contributed by atoms with E-state index in [-0.39, 0.29) is 34.2 Å². The van der Waals surface area contributed by atoms with Gasteiger partial charge in [0.25, 0.3) is 0 Å². The number of hydrogen-bond acceptors (Lipinski definition) is 9. The molecule has 0 atom stereocenters. The molecule has 3 aliphatic rings. The second-order valence-corrected chi connectivity index (χ2v) is 11.7. The maximum atomic E-state index is 11.3. The lowest BCUT2D eigenvalue weighted by Crippen LogP contribution is -2.14. The molecule has 0 heterocycles. The molecule has 0 spiro atoms. The fraction of sp³-hybridized carbons (Fsp3) is 0.857. The molecule has 0 unspecified atom stereocenters. The lowest BCUT2D eigenvalue weighted by Gasteiger charge is -2.15. The quantitative estimate of drug-likeness (QED) is 0.146.